The lowest BCUT2D eigenvalue weighted by Crippen LogP contribution is -2.32. The summed E-state index contributed by atoms with van der Waals surface area (Å²) in [6, 6.07) is 7.49. The molecule has 0 saturated heterocycles. The highest BCUT2D eigenvalue weighted by molar-refractivity contribution is 7.96. The number of alkyl halides is 3. The average Bonchev–Trinajstić information content (AvgIpc) is 2.45. The van der Waals surface area contributed by atoms with Crippen LogP contribution >= 0.6 is 0 Å². The van der Waals surface area contributed by atoms with Crippen LogP contribution in [0.25, 0.3) is 0 Å². The lowest BCUT2D eigenvalue weighted by molar-refractivity contribution is -0.137. The molecule has 0 radical (unpaired) electrons. The Morgan fingerprint density at radius 1 is 1.26 bits per heavy atom. The van der Waals surface area contributed by atoms with Gasteiger partial charge < -0.3 is 0 Å². The second-order valence-corrected chi connectivity index (χ2v) is 7.26. The van der Waals surface area contributed by atoms with Crippen LogP contribution in [0.2, 0.25) is 0 Å². The van der Waals surface area contributed by atoms with E-state index in [2.05, 4.69) is 0 Å². The van der Waals surface area contributed by atoms with Crippen molar-refractivity contribution in [3.8, 4) is 12.1 Å². The van der Waals surface area contributed by atoms with Crippen LogP contribution in [-0.2, 0) is 16.0 Å². The van der Waals surface area contributed by atoms with Gasteiger partial charge in [-0.25, -0.2) is 8.42 Å². The van der Waals surface area contributed by atoms with Crippen molar-refractivity contribution < 1.29 is 21.6 Å². The van der Waals surface area contributed by atoms with Crippen molar-refractivity contribution in [3.63, 3.8) is 0 Å². The number of allylic oxidation sites excluding steroid dienone is 2. The van der Waals surface area contributed by atoms with Crippen molar-refractivity contribution in [2.75, 3.05) is 0 Å². The molecular formula is C15H11F3N2O2S. The smallest absolute Gasteiger partial charge is 0.222 e. The van der Waals surface area contributed by atoms with Gasteiger partial charge in [0.25, 0.3) is 0 Å². The van der Waals surface area contributed by atoms with Crippen LogP contribution in [0.5, 0.6) is 0 Å². The maximum absolute atomic E-state index is 12.8. The Kier molecular flexibility index (Phi) is 4.23. The molecule has 0 N–H and O–H groups in total. The van der Waals surface area contributed by atoms with E-state index in [1.165, 1.54) is 19.1 Å². The van der Waals surface area contributed by atoms with Gasteiger partial charge in [0, 0.05) is 5.92 Å². The van der Waals surface area contributed by atoms with Crippen molar-refractivity contribution in [2.24, 2.45) is 0 Å². The van der Waals surface area contributed by atoms with E-state index in [9.17, 15) is 26.9 Å². The predicted octanol–water partition coefficient (Wildman–Crippen LogP) is 3.30. The standard InChI is InChI=1S/C15H11F3N2O2S/c1-9-5-12(14(8-20)23(21,22)13(9)7-19)10-3-2-4-11(6-10)15(16,17)18/h2-4,6,12,14H,5H2,1H3/t12-,14-/m0/s1. The Labute approximate surface area is 131 Å². The molecule has 1 aliphatic rings. The Morgan fingerprint density at radius 3 is 2.43 bits per heavy atom. The molecule has 0 saturated carbocycles. The number of benzene rings is 1. The van der Waals surface area contributed by atoms with Gasteiger partial charge in [-0.1, -0.05) is 18.2 Å². The van der Waals surface area contributed by atoms with Crippen LogP contribution in [0.3, 0.4) is 0 Å². The normalized spacial score (nSPS) is 23.9. The number of sulfone groups is 1. The van der Waals surface area contributed by atoms with E-state index in [0.717, 1.165) is 12.1 Å². The number of halogens is 3. The van der Waals surface area contributed by atoms with E-state index in [-0.39, 0.29) is 17.6 Å². The van der Waals surface area contributed by atoms with E-state index in [1.807, 2.05) is 0 Å². The fraction of sp³-hybridized carbons (Fsp3) is 0.333. The SMILES string of the molecule is CC1=C(C#N)S(=O)(=O)[C@@H](C#N)[C@H](c2cccc(C(F)(F)F)c2)C1. The topological polar surface area (TPSA) is 81.7 Å². The largest absolute Gasteiger partial charge is 0.416 e. The van der Waals surface area contributed by atoms with E-state index < -0.39 is 37.6 Å². The Balaban J connectivity index is 2.60. The molecule has 23 heavy (non-hydrogen) atoms. The van der Waals surface area contributed by atoms with E-state index in [0.29, 0.717) is 0 Å². The van der Waals surface area contributed by atoms with Gasteiger partial charge >= 0.3 is 6.18 Å². The first-order valence-corrected chi connectivity index (χ1v) is 8.08. The van der Waals surface area contributed by atoms with E-state index in [4.69, 9.17) is 5.26 Å². The minimum Gasteiger partial charge on any atom is -0.222 e. The second kappa shape index (κ2) is 5.71. The molecule has 2 atom stereocenters. The molecule has 1 heterocycles. The summed E-state index contributed by atoms with van der Waals surface area (Å²) in [6.45, 7) is 1.43. The first-order valence-electron chi connectivity index (χ1n) is 6.53. The Bertz CT molecular complexity index is 858. The molecule has 0 bridgehead atoms. The number of hydrogen-bond donors (Lipinski definition) is 0. The first kappa shape index (κ1) is 17.0. The maximum Gasteiger partial charge on any atom is 0.416 e. The lowest BCUT2D eigenvalue weighted by atomic mass is 9.88. The molecule has 0 unspecified atom stereocenters. The van der Waals surface area contributed by atoms with Gasteiger partial charge in [0.05, 0.1) is 11.6 Å². The number of nitriles is 2. The number of rotatable bonds is 1. The van der Waals surface area contributed by atoms with Gasteiger partial charge in [0.1, 0.15) is 11.0 Å². The quantitative estimate of drug-likeness (QED) is 0.785. The van der Waals surface area contributed by atoms with Crippen LogP contribution in [-0.4, -0.2) is 13.7 Å². The summed E-state index contributed by atoms with van der Waals surface area (Å²) >= 11 is 0. The number of nitrogens with zero attached hydrogens (tertiary/aromatic N) is 2. The summed E-state index contributed by atoms with van der Waals surface area (Å²) in [5.41, 5.74) is -0.537. The third-order valence-electron chi connectivity index (χ3n) is 3.77. The molecule has 2 rings (SSSR count). The molecular weight excluding hydrogens is 329 g/mol. The summed E-state index contributed by atoms with van der Waals surface area (Å²) in [4.78, 5) is -0.465. The summed E-state index contributed by atoms with van der Waals surface area (Å²) in [6.07, 6.45) is -4.52. The Morgan fingerprint density at radius 2 is 1.91 bits per heavy atom. The van der Waals surface area contributed by atoms with E-state index in [1.54, 1.807) is 12.1 Å². The summed E-state index contributed by atoms with van der Waals surface area (Å²) in [7, 11) is -4.18. The molecule has 8 heteroatoms. The minimum absolute atomic E-state index is 0.0433. The highest BCUT2D eigenvalue weighted by Gasteiger charge is 2.43. The minimum atomic E-state index is -4.56. The maximum atomic E-state index is 12.8. The second-order valence-electron chi connectivity index (χ2n) is 5.25. The predicted molar refractivity (Wildman–Crippen MR) is 75.4 cm³/mol. The first-order chi connectivity index (χ1) is 10.6. The van der Waals surface area contributed by atoms with Gasteiger partial charge in [-0.3, -0.25) is 0 Å². The molecule has 0 aliphatic carbocycles. The third kappa shape index (κ3) is 2.95. The molecule has 0 fully saturated rings. The van der Waals surface area contributed by atoms with Crippen molar-refractivity contribution >= 4 is 9.84 Å². The van der Waals surface area contributed by atoms with Gasteiger partial charge in [-0.15, -0.1) is 0 Å². The summed E-state index contributed by atoms with van der Waals surface area (Å²) in [5.74, 6) is -0.940. The average molecular weight is 340 g/mol. The van der Waals surface area contributed by atoms with Crippen molar-refractivity contribution in [3.05, 3.63) is 45.9 Å². The van der Waals surface area contributed by atoms with Gasteiger partial charge in [-0.2, -0.15) is 23.7 Å². The van der Waals surface area contributed by atoms with Crippen LogP contribution < -0.4 is 0 Å². The molecule has 0 spiro atoms. The zero-order chi connectivity index (χ0) is 17.4. The van der Waals surface area contributed by atoms with Gasteiger partial charge in [0.15, 0.2) is 5.25 Å². The third-order valence-corrected chi connectivity index (χ3v) is 5.88. The van der Waals surface area contributed by atoms with Gasteiger partial charge in [-0.05, 0) is 30.5 Å². The van der Waals surface area contributed by atoms with E-state index >= 15 is 0 Å². The molecule has 120 valence electrons. The van der Waals surface area contributed by atoms with Crippen molar-refractivity contribution in [1.82, 2.24) is 0 Å². The van der Waals surface area contributed by atoms with Crippen LogP contribution in [0, 0.1) is 22.7 Å². The Hall–Kier alpha value is -2.32. The number of hydrogen-bond acceptors (Lipinski definition) is 4. The van der Waals surface area contributed by atoms with Crippen LogP contribution in [0.1, 0.15) is 30.4 Å². The highest BCUT2D eigenvalue weighted by Crippen LogP contribution is 2.41. The monoisotopic (exact) mass is 340 g/mol. The van der Waals surface area contributed by atoms with Gasteiger partial charge in [0.2, 0.25) is 9.84 Å². The molecule has 1 aromatic carbocycles. The van der Waals surface area contributed by atoms with Crippen LogP contribution in [0.15, 0.2) is 34.7 Å². The molecule has 1 aliphatic heterocycles. The van der Waals surface area contributed by atoms with Crippen molar-refractivity contribution in [2.45, 2.75) is 30.7 Å². The molecule has 4 nitrogen and oxygen atoms in total. The molecule has 0 aromatic heterocycles. The zero-order valence-electron chi connectivity index (χ0n) is 11.9. The summed E-state index contributed by atoms with van der Waals surface area (Å²) in [5, 5.41) is 16.6. The lowest BCUT2D eigenvalue weighted by Gasteiger charge is -2.28. The highest BCUT2D eigenvalue weighted by atomic mass is 32.2. The molecule has 0 amide bonds. The molecule has 1 aromatic rings. The zero-order valence-corrected chi connectivity index (χ0v) is 12.7. The fourth-order valence-corrected chi connectivity index (χ4v) is 4.45. The van der Waals surface area contributed by atoms with Crippen LogP contribution in [0.4, 0.5) is 13.2 Å². The fourth-order valence-electron chi connectivity index (χ4n) is 2.67. The van der Waals surface area contributed by atoms with Crippen molar-refractivity contribution in [1.29, 1.82) is 10.5 Å². The summed E-state index contributed by atoms with van der Waals surface area (Å²) < 4.78 is 63.1.